The van der Waals surface area contributed by atoms with Crippen LogP contribution >= 0.6 is 0 Å². The second-order valence-electron chi connectivity index (χ2n) is 6.41. The minimum absolute atomic E-state index is 0.0578. The van der Waals surface area contributed by atoms with Gasteiger partial charge < -0.3 is 15.3 Å². The summed E-state index contributed by atoms with van der Waals surface area (Å²) in [5.41, 5.74) is 0.797. The average Bonchev–Trinajstić information content (AvgIpc) is 3.06. The topological polar surface area (TPSA) is 85.8 Å². The maximum atomic E-state index is 12.6. The number of carbonyl (C=O) groups excluding carboxylic acids is 2. The summed E-state index contributed by atoms with van der Waals surface area (Å²) in [5.74, 6) is -0.324. The van der Waals surface area contributed by atoms with Gasteiger partial charge in [0, 0.05) is 45.5 Å². The molecule has 130 valence electrons. The largest absolute Gasteiger partial charge is 0.391 e. The number of piperazine rings is 1. The molecule has 1 saturated carbocycles. The number of aliphatic hydroxyl groups excluding tert-OH is 1. The SMILES string of the molecule is CNC(=O)c1ccc(C(=O)N2CCN([C@H]3CCC[C@H]3O)CC2)cn1. The van der Waals surface area contributed by atoms with Crippen LogP contribution in [0.1, 0.15) is 40.1 Å². The zero-order valence-corrected chi connectivity index (χ0v) is 13.9. The van der Waals surface area contributed by atoms with E-state index in [1.54, 1.807) is 19.2 Å². The average molecular weight is 332 g/mol. The molecule has 1 saturated heterocycles. The molecule has 0 aromatic carbocycles. The van der Waals surface area contributed by atoms with Gasteiger partial charge in [-0.15, -0.1) is 0 Å². The highest BCUT2D eigenvalue weighted by Crippen LogP contribution is 2.25. The van der Waals surface area contributed by atoms with Crippen molar-refractivity contribution < 1.29 is 14.7 Å². The number of amides is 2. The van der Waals surface area contributed by atoms with Gasteiger partial charge in [0.1, 0.15) is 5.69 Å². The standard InChI is InChI=1S/C17H24N4O3/c1-18-16(23)13-6-5-12(11-19-13)17(24)21-9-7-20(8-10-21)14-3-2-4-15(14)22/h5-6,11,14-15,22H,2-4,7-10H2,1H3,(H,18,23)/t14-,15+/m0/s1. The fourth-order valence-corrected chi connectivity index (χ4v) is 3.57. The normalized spacial score (nSPS) is 24.8. The van der Waals surface area contributed by atoms with Crippen LogP contribution in [0.2, 0.25) is 0 Å². The van der Waals surface area contributed by atoms with Crippen LogP contribution in [-0.4, -0.2) is 77.1 Å². The number of nitrogens with zero attached hydrogens (tertiary/aromatic N) is 3. The van der Waals surface area contributed by atoms with Gasteiger partial charge >= 0.3 is 0 Å². The number of aliphatic hydroxyl groups is 1. The lowest BCUT2D eigenvalue weighted by molar-refractivity contribution is 0.0315. The van der Waals surface area contributed by atoms with Crippen molar-refractivity contribution in [2.24, 2.45) is 0 Å². The molecule has 2 heterocycles. The summed E-state index contributed by atoms with van der Waals surface area (Å²) in [4.78, 5) is 32.2. The maximum absolute atomic E-state index is 12.6. The van der Waals surface area contributed by atoms with Gasteiger partial charge in [-0.1, -0.05) is 0 Å². The van der Waals surface area contributed by atoms with E-state index in [9.17, 15) is 14.7 Å². The third kappa shape index (κ3) is 3.42. The summed E-state index contributed by atoms with van der Waals surface area (Å²) in [6, 6.07) is 3.46. The Morgan fingerprint density at radius 1 is 1.21 bits per heavy atom. The zero-order valence-electron chi connectivity index (χ0n) is 13.9. The molecule has 2 atom stereocenters. The van der Waals surface area contributed by atoms with Crippen molar-refractivity contribution in [1.82, 2.24) is 20.1 Å². The Kier molecular flexibility index (Phi) is 5.11. The van der Waals surface area contributed by atoms with Crippen molar-refractivity contribution in [3.05, 3.63) is 29.6 Å². The molecule has 0 unspecified atom stereocenters. The summed E-state index contributed by atoms with van der Waals surface area (Å²) >= 11 is 0. The Morgan fingerprint density at radius 2 is 1.96 bits per heavy atom. The number of carbonyl (C=O) groups is 2. The Labute approximate surface area is 141 Å². The molecule has 0 bridgehead atoms. The van der Waals surface area contributed by atoms with Crippen molar-refractivity contribution in [3.63, 3.8) is 0 Å². The monoisotopic (exact) mass is 332 g/mol. The van der Waals surface area contributed by atoms with Crippen LogP contribution in [0.5, 0.6) is 0 Å². The molecule has 1 aliphatic heterocycles. The summed E-state index contributed by atoms with van der Waals surface area (Å²) in [6.07, 6.45) is 4.23. The highest BCUT2D eigenvalue weighted by atomic mass is 16.3. The molecule has 7 nitrogen and oxygen atoms in total. The van der Waals surface area contributed by atoms with E-state index in [0.717, 1.165) is 32.4 Å². The Morgan fingerprint density at radius 3 is 2.50 bits per heavy atom. The van der Waals surface area contributed by atoms with Crippen molar-refractivity contribution in [1.29, 1.82) is 0 Å². The molecular formula is C17H24N4O3. The lowest BCUT2D eigenvalue weighted by atomic mass is 10.1. The van der Waals surface area contributed by atoms with E-state index in [4.69, 9.17) is 0 Å². The number of hydrogen-bond acceptors (Lipinski definition) is 5. The fourth-order valence-electron chi connectivity index (χ4n) is 3.57. The summed E-state index contributed by atoms with van der Waals surface area (Å²) < 4.78 is 0. The highest BCUT2D eigenvalue weighted by Gasteiger charge is 2.33. The van der Waals surface area contributed by atoms with Crippen LogP contribution in [0.25, 0.3) is 0 Å². The first-order valence-electron chi connectivity index (χ1n) is 8.49. The number of pyridine rings is 1. The Balaban J connectivity index is 1.58. The lowest BCUT2D eigenvalue weighted by Crippen LogP contribution is -2.53. The van der Waals surface area contributed by atoms with E-state index < -0.39 is 0 Å². The van der Waals surface area contributed by atoms with Gasteiger partial charge in [-0.25, -0.2) is 0 Å². The van der Waals surface area contributed by atoms with E-state index in [-0.39, 0.29) is 24.0 Å². The van der Waals surface area contributed by atoms with Gasteiger partial charge in [0.25, 0.3) is 11.8 Å². The lowest BCUT2D eigenvalue weighted by Gasteiger charge is -2.39. The predicted octanol–water partition coefficient (Wildman–Crippen LogP) is 0.112. The first-order chi connectivity index (χ1) is 11.6. The Hall–Kier alpha value is -1.99. The van der Waals surface area contributed by atoms with Crippen LogP contribution in [0.3, 0.4) is 0 Å². The highest BCUT2D eigenvalue weighted by molar-refractivity contribution is 5.96. The summed E-state index contributed by atoms with van der Waals surface area (Å²) in [7, 11) is 1.55. The maximum Gasteiger partial charge on any atom is 0.269 e. The fraction of sp³-hybridized carbons (Fsp3) is 0.588. The smallest absolute Gasteiger partial charge is 0.269 e. The van der Waals surface area contributed by atoms with Gasteiger partial charge in [-0.2, -0.15) is 0 Å². The van der Waals surface area contributed by atoms with Crippen LogP contribution in [0, 0.1) is 0 Å². The Bertz CT molecular complexity index is 596. The molecule has 1 aromatic rings. The number of aromatic nitrogens is 1. The van der Waals surface area contributed by atoms with Crippen LogP contribution in [0.15, 0.2) is 18.3 Å². The zero-order chi connectivity index (χ0) is 17.1. The van der Waals surface area contributed by atoms with Crippen molar-refractivity contribution >= 4 is 11.8 Å². The first kappa shape index (κ1) is 16.9. The summed E-state index contributed by atoms with van der Waals surface area (Å²) in [6.45, 7) is 2.88. The van der Waals surface area contributed by atoms with E-state index >= 15 is 0 Å². The van der Waals surface area contributed by atoms with Crippen LogP contribution in [-0.2, 0) is 0 Å². The van der Waals surface area contributed by atoms with Crippen molar-refractivity contribution in [2.45, 2.75) is 31.4 Å². The molecule has 0 radical (unpaired) electrons. The first-order valence-corrected chi connectivity index (χ1v) is 8.49. The molecule has 1 aromatic heterocycles. The van der Waals surface area contributed by atoms with E-state index in [1.165, 1.54) is 6.20 Å². The van der Waals surface area contributed by atoms with Crippen LogP contribution < -0.4 is 5.32 Å². The molecule has 1 aliphatic carbocycles. The second kappa shape index (κ2) is 7.27. The third-order valence-electron chi connectivity index (χ3n) is 4.98. The quantitative estimate of drug-likeness (QED) is 0.821. The van der Waals surface area contributed by atoms with Crippen molar-refractivity contribution in [2.75, 3.05) is 33.2 Å². The van der Waals surface area contributed by atoms with Gasteiger partial charge in [-0.05, 0) is 31.4 Å². The minimum Gasteiger partial charge on any atom is -0.391 e. The van der Waals surface area contributed by atoms with Crippen LogP contribution in [0.4, 0.5) is 0 Å². The van der Waals surface area contributed by atoms with E-state index in [0.29, 0.717) is 24.3 Å². The predicted molar refractivity (Wildman–Crippen MR) is 88.7 cm³/mol. The molecule has 2 N–H and O–H groups in total. The number of rotatable bonds is 3. The molecular weight excluding hydrogens is 308 g/mol. The van der Waals surface area contributed by atoms with E-state index in [2.05, 4.69) is 15.2 Å². The van der Waals surface area contributed by atoms with Gasteiger partial charge in [0.05, 0.1) is 11.7 Å². The third-order valence-corrected chi connectivity index (χ3v) is 4.98. The second-order valence-corrected chi connectivity index (χ2v) is 6.41. The number of nitrogens with one attached hydrogen (secondary N) is 1. The van der Waals surface area contributed by atoms with Gasteiger partial charge in [0.2, 0.25) is 0 Å². The van der Waals surface area contributed by atoms with Gasteiger partial charge in [0.15, 0.2) is 0 Å². The van der Waals surface area contributed by atoms with Gasteiger partial charge in [-0.3, -0.25) is 19.5 Å². The molecule has 3 rings (SSSR count). The molecule has 2 aliphatic rings. The minimum atomic E-state index is -0.266. The molecule has 7 heteroatoms. The molecule has 2 fully saturated rings. The van der Waals surface area contributed by atoms with Crippen molar-refractivity contribution in [3.8, 4) is 0 Å². The van der Waals surface area contributed by atoms with E-state index in [1.807, 2.05) is 4.90 Å². The molecule has 24 heavy (non-hydrogen) atoms. The molecule has 0 spiro atoms. The molecule has 2 amide bonds. The number of hydrogen-bond donors (Lipinski definition) is 2. The summed E-state index contributed by atoms with van der Waals surface area (Å²) in [5, 5.41) is 12.5.